The van der Waals surface area contributed by atoms with E-state index in [-0.39, 0.29) is 11.3 Å². The van der Waals surface area contributed by atoms with E-state index in [4.69, 9.17) is 9.72 Å². The van der Waals surface area contributed by atoms with Crippen molar-refractivity contribution in [3.8, 4) is 11.1 Å². The predicted molar refractivity (Wildman–Crippen MR) is 126 cm³/mol. The number of ether oxygens (including phenoxy) is 1. The molecule has 0 bridgehead atoms. The van der Waals surface area contributed by atoms with E-state index in [9.17, 15) is 4.79 Å². The summed E-state index contributed by atoms with van der Waals surface area (Å²) in [5, 5.41) is 7.46. The molecule has 0 atom stereocenters. The lowest BCUT2D eigenvalue weighted by molar-refractivity contribution is 0.0346. The Morgan fingerprint density at radius 2 is 2.00 bits per heavy atom. The molecule has 1 aliphatic heterocycles. The van der Waals surface area contributed by atoms with Gasteiger partial charge in [-0.2, -0.15) is 4.98 Å². The minimum Gasteiger partial charge on any atom is -0.379 e. The fraction of sp³-hybridized carbons (Fsp3) is 0.480. The number of hydrogen-bond donors (Lipinski definition) is 3. The SMILES string of the molecule is CCO[C@H]1CC[C@@H](Nc2ncc3c(-c4ccc5c(c4)C(C)(C)CNC5=O)c[nH]c3n2)CC1. The van der Waals surface area contributed by atoms with Crippen LogP contribution in [0.3, 0.4) is 0 Å². The molecule has 0 unspecified atom stereocenters. The number of nitrogens with one attached hydrogen (secondary N) is 3. The third-order valence-corrected chi connectivity index (χ3v) is 6.84. The number of aromatic amines is 1. The molecule has 3 N–H and O–H groups in total. The maximum Gasteiger partial charge on any atom is 0.251 e. The molecule has 3 aromatic rings. The summed E-state index contributed by atoms with van der Waals surface area (Å²) in [5.74, 6) is 0.660. The van der Waals surface area contributed by atoms with Crippen molar-refractivity contribution < 1.29 is 9.53 Å². The number of aromatic nitrogens is 3. The molecule has 3 heterocycles. The van der Waals surface area contributed by atoms with Crippen molar-refractivity contribution in [2.24, 2.45) is 0 Å². The van der Waals surface area contributed by atoms with Gasteiger partial charge in [0.1, 0.15) is 5.65 Å². The number of fused-ring (bicyclic) bond motifs is 2. The van der Waals surface area contributed by atoms with Crippen molar-refractivity contribution in [1.82, 2.24) is 20.3 Å². The lowest BCUT2D eigenvalue weighted by Gasteiger charge is -2.32. The molecule has 2 aliphatic rings. The molecule has 1 fully saturated rings. The highest BCUT2D eigenvalue weighted by molar-refractivity contribution is 5.99. The lowest BCUT2D eigenvalue weighted by atomic mass is 9.78. The van der Waals surface area contributed by atoms with Crippen LogP contribution in [0.1, 0.15) is 62.4 Å². The van der Waals surface area contributed by atoms with Crippen LogP contribution in [-0.2, 0) is 10.2 Å². The minimum atomic E-state index is -0.111. The number of amides is 1. The quantitative estimate of drug-likeness (QED) is 0.554. The van der Waals surface area contributed by atoms with Crippen LogP contribution in [-0.4, -0.2) is 46.2 Å². The second kappa shape index (κ2) is 8.20. The summed E-state index contributed by atoms with van der Waals surface area (Å²) in [6.07, 6.45) is 8.55. The Kier molecular flexibility index (Phi) is 5.37. The standard InChI is InChI=1S/C25H31N5O2/c1-4-32-17-8-6-16(7-9-17)29-24-27-13-20-19(12-26-22(20)30-24)15-5-10-18-21(11-15)25(2,3)14-28-23(18)31/h5,10-13,16-17H,4,6-9,14H2,1-3H3,(H,28,31)(H2,26,27,29,30)/t16-,17+. The van der Waals surface area contributed by atoms with E-state index in [0.29, 0.717) is 24.6 Å². The Bertz CT molecular complexity index is 1140. The maximum absolute atomic E-state index is 12.3. The summed E-state index contributed by atoms with van der Waals surface area (Å²) in [6.45, 7) is 7.80. The summed E-state index contributed by atoms with van der Waals surface area (Å²) in [5.41, 5.74) is 4.65. The molecule has 1 saturated carbocycles. The maximum atomic E-state index is 12.3. The van der Waals surface area contributed by atoms with Crippen molar-refractivity contribution >= 4 is 22.9 Å². The molecular formula is C25H31N5O2. The van der Waals surface area contributed by atoms with E-state index in [0.717, 1.165) is 65.6 Å². The van der Waals surface area contributed by atoms with Gasteiger partial charge in [0, 0.05) is 53.5 Å². The molecule has 32 heavy (non-hydrogen) atoms. The molecule has 5 rings (SSSR count). The highest BCUT2D eigenvalue weighted by atomic mass is 16.5. The van der Waals surface area contributed by atoms with E-state index in [1.807, 2.05) is 24.5 Å². The zero-order valence-corrected chi connectivity index (χ0v) is 19.0. The topological polar surface area (TPSA) is 91.9 Å². The number of carbonyl (C=O) groups is 1. The first-order valence-electron chi connectivity index (χ1n) is 11.6. The smallest absolute Gasteiger partial charge is 0.251 e. The van der Waals surface area contributed by atoms with Crippen LogP contribution in [0.2, 0.25) is 0 Å². The van der Waals surface area contributed by atoms with Crippen LogP contribution in [0, 0.1) is 0 Å². The van der Waals surface area contributed by atoms with Gasteiger partial charge in [0.15, 0.2) is 0 Å². The second-order valence-electron chi connectivity index (χ2n) is 9.56. The fourth-order valence-corrected chi connectivity index (χ4v) is 4.97. The zero-order valence-electron chi connectivity index (χ0n) is 19.0. The monoisotopic (exact) mass is 433 g/mol. The van der Waals surface area contributed by atoms with Crippen molar-refractivity contribution in [3.05, 3.63) is 41.7 Å². The highest BCUT2D eigenvalue weighted by Gasteiger charge is 2.32. The number of nitrogens with zero attached hydrogens (tertiary/aromatic N) is 2. The first-order valence-corrected chi connectivity index (χ1v) is 11.6. The summed E-state index contributed by atoms with van der Waals surface area (Å²) in [4.78, 5) is 24.9. The number of H-pyrrole nitrogens is 1. The van der Waals surface area contributed by atoms with E-state index < -0.39 is 0 Å². The van der Waals surface area contributed by atoms with Crippen LogP contribution < -0.4 is 10.6 Å². The Hall–Kier alpha value is -2.93. The Labute approximate surface area is 188 Å². The van der Waals surface area contributed by atoms with Gasteiger partial charge >= 0.3 is 0 Å². The molecule has 2 aromatic heterocycles. The van der Waals surface area contributed by atoms with Gasteiger partial charge in [-0.25, -0.2) is 4.98 Å². The zero-order chi connectivity index (χ0) is 22.3. The average Bonchev–Trinajstić information content (AvgIpc) is 3.21. The molecule has 1 amide bonds. The van der Waals surface area contributed by atoms with Gasteiger partial charge in [-0.1, -0.05) is 19.9 Å². The molecule has 0 saturated heterocycles. The van der Waals surface area contributed by atoms with E-state index in [2.05, 4.69) is 47.4 Å². The summed E-state index contributed by atoms with van der Waals surface area (Å²) >= 11 is 0. The highest BCUT2D eigenvalue weighted by Crippen LogP contribution is 2.35. The van der Waals surface area contributed by atoms with Crippen molar-refractivity contribution in [2.45, 2.75) is 64.0 Å². The minimum absolute atomic E-state index is 0.000795. The van der Waals surface area contributed by atoms with Crippen LogP contribution in [0.25, 0.3) is 22.2 Å². The van der Waals surface area contributed by atoms with Gasteiger partial charge in [0.2, 0.25) is 5.95 Å². The van der Waals surface area contributed by atoms with E-state index >= 15 is 0 Å². The largest absolute Gasteiger partial charge is 0.379 e. The Morgan fingerprint density at radius 1 is 1.19 bits per heavy atom. The van der Waals surface area contributed by atoms with Crippen LogP contribution in [0.15, 0.2) is 30.6 Å². The number of carbonyl (C=O) groups excluding carboxylic acids is 1. The normalized spacial score (nSPS) is 22.4. The Balaban J connectivity index is 1.38. The molecule has 0 spiro atoms. The predicted octanol–water partition coefficient (Wildman–Crippen LogP) is 4.41. The summed E-state index contributed by atoms with van der Waals surface area (Å²) < 4.78 is 5.75. The van der Waals surface area contributed by atoms with Crippen LogP contribution in [0.4, 0.5) is 5.95 Å². The average molecular weight is 434 g/mol. The van der Waals surface area contributed by atoms with E-state index in [1.54, 1.807) is 0 Å². The summed E-state index contributed by atoms with van der Waals surface area (Å²) in [7, 11) is 0. The molecule has 168 valence electrons. The van der Waals surface area contributed by atoms with Gasteiger partial charge in [-0.15, -0.1) is 0 Å². The first kappa shape index (κ1) is 20.9. The van der Waals surface area contributed by atoms with E-state index in [1.165, 1.54) is 0 Å². The van der Waals surface area contributed by atoms with Crippen molar-refractivity contribution in [2.75, 3.05) is 18.5 Å². The molecule has 1 aromatic carbocycles. The van der Waals surface area contributed by atoms with Gasteiger partial charge in [-0.3, -0.25) is 4.79 Å². The van der Waals surface area contributed by atoms with Gasteiger partial charge in [0.25, 0.3) is 5.91 Å². The second-order valence-corrected chi connectivity index (χ2v) is 9.56. The van der Waals surface area contributed by atoms with Gasteiger partial charge in [-0.05, 0) is 55.9 Å². The van der Waals surface area contributed by atoms with Gasteiger partial charge < -0.3 is 20.4 Å². The molecule has 7 heteroatoms. The number of benzene rings is 1. The third kappa shape index (κ3) is 3.86. The molecular weight excluding hydrogens is 402 g/mol. The number of anilines is 1. The van der Waals surface area contributed by atoms with Crippen LogP contribution >= 0.6 is 0 Å². The van der Waals surface area contributed by atoms with Crippen LogP contribution in [0.5, 0.6) is 0 Å². The molecule has 0 radical (unpaired) electrons. The van der Waals surface area contributed by atoms with Crippen molar-refractivity contribution in [1.29, 1.82) is 0 Å². The van der Waals surface area contributed by atoms with Gasteiger partial charge in [0.05, 0.1) is 6.10 Å². The lowest BCUT2D eigenvalue weighted by Crippen LogP contribution is -2.43. The number of rotatable bonds is 5. The summed E-state index contributed by atoms with van der Waals surface area (Å²) in [6, 6.07) is 6.45. The van der Waals surface area contributed by atoms with Crippen molar-refractivity contribution in [3.63, 3.8) is 0 Å². The Morgan fingerprint density at radius 3 is 2.78 bits per heavy atom. The number of hydrogen-bond acceptors (Lipinski definition) is 5. The first-order chi connectivity index (χ1) is 15.4. The molecule has 7 nitrogen and oxygen atoms in total. The third-order valence-electron chi connectivity index (χ3n) is 6.84. The molecule has 1 aliphatic carbocycles. The fourth-order valence-electron chi connectivity index (χ4n) is 4.97.